The van der Waals surface area contributed by atoms with Crippen LogP contribution in [0.1, 0.15) is 30.4 Å². The molecule has 2 N–H and O–H groups in total. The Balaban J connectivity index is 1.24. The standard InChI is InChI=1S/C25H30N2O4S2/c28-25(27-33(29,30)24-15-19-32-20-24)14-17-26-16-4-8-22-10-12-23(13-11-22)31-18-5-9-21-6-2-1-3-7-21/h1-3,6-7,10-13,15,19-20,26H,4-5,8-9,14,16-18H2,(H,27,28). The summed E-state index contributed by atoms with van der Waals surface area (Å²) in [4.78, 5) is 12.0. The van der Waals surface area contributed by atoms with Gasteiger partial charge in [-0.1, -0.05) is 42.5 Å². The van der Waals surface area contributed by atoms with Gasteiger partial charge in [-0.2, -0.15) is 11.3 Å². The molecule has 1 aromatic heterocycles. The summed E-state index contributed by atoms with van der Waals surface area (Å²) in [6, 6.07) is 20.0. The first-order valence-electron chi connectivity index (χ1n) is 11.1. The van der Waals surface area contributed by atoms with Gasteiger partial charge in [0, 0.05) is 18.3 Å². The molecule has 0 fully saturated rings. The Morgan fingerprint density at radius 1 is 0.879 bits per heavy atom. The van der Waals surface area contributed by atoms with E-state index in [-0.39, 0.29) is 11.3 Å². The molecule has 3 rings (SSSR count). The van der Waals surface area contributed by atoms with E-state index in [2.05, 4.69) is 46.4 Å². The molecule has 0 spiro atoms. The second-order valence-corrected chi connectivity index (χ2v) is 10.1. The van der Waals surface area contributed by atoms with Crippen LogP contribution in [0.5, 0.6) is 5.75 Å². The molecule has 0 unspecified atom stereocenters. The van der Waals surface area contributed by atoms with Gasteiger partial charge in [0.15, 0.2) is 0 Å². The number of carbonyl (C=O) groups excluding carboxylic acids is 1. The molecule has 33 heavy (non-hydrogen) atoms. The van der Waals surface area contributed by atoms with E-state index in [9.17, 15) is 13.2 Å². The average molecular weight is 487 g/mol. The Hall–Kier alpha value is -2.68. The van der Waals surface area contributed by atoms with Crippen molar-refractivity contribution >= 4 is 27.3 Å². The van der Waals surface area contributed by atoms with Crippen LogP contribution in [0.2, 0.25) is 0 Å². The molecule has 6 nitrogen and oxygen atoms in total. The van der Waals surface area contributed by atoms with Crippen molar-refractivity contribution in [2.24, 2.45) is 0 Å². The van der Waals surface area contributed by atoms with E-state index in [0.29, 0.717) is 13.2 Å². The molecule has 8 heteroatoms. The maximum absolute atomic E-state index is 12.0. The maximum Gasteiger partial charge on any atom is 0.264 e. The summed E-state index contributed by atoms with van der Waals surface area (Å²) in [6.45, 7) is 1.88. The van der Waals surface area contributed by atoms with Crippen molar-refractivity contribution in [3.63, 3.8) is 0 Å². The summed E-state index contributed by atoms with van der Waals surface area (Å²) in [5.41, 5.74) is 2.56. The summed E-state index contributed by atoms with van der Waals surface area (Å²) in [6.07, 6.45) is 3.94. The lowest BCUT2D eigenvalue weighted by Crippen LogP contribution is -2.32. The smallest absolute Gasteiger partial charge is 0.264 e. The predicted octanol–water partition coefficient (Wildman–Crippen LogP) is 4.18. The first-order valence-corrected chi connectivity index (χ1v) is 13.5. The highest BCUT2D eigenvalue weighted by atomic mass is 32.2. The molecule has 0 atom stereocenters. The third-order valence-corrected chi connectivity index (χ3v) is 7.25. The number of benzene rings is 2. The zero-order chi connectivity index (χ0) is 23.4. The SMILES string of the molecule is O=C(CCNCCCc1ccc(OCCCc2ccccc2)cc1)NS(=O)(=O)c1ccsc1. The van der Waals surface area contributed by atoms with Crippen LogP contribution >= 0.6 is 11.3 Å². The summed E-state index contributed by atoms with van der Waals surface area (Å²) >= 11 is 1.27. The number of ether oxygens (including phenoxy) is 1. The van der Waals surface area contributed by atoms with Gasteiger partial charge in [0.05, 0.1) is 11.5 Å². The second-order valence-electron chi connectivity index (χ2n) is 7.67. The Morgan fingerprint density at radius 2 is 1.61 bits per heavy atom. The normalized spacial score (nSPS) is 11.3. The number of sulfonamides is 1. The van der Waals surface area contributed by atoms with Crippen molar-refractivity contribution in [2.45, 2.75) is 37.0 Å². The fourth-order valence-electron chi connectivity index (χ4n) is 3.27. The number of rotatable bonds is 14. The van der Waals surface area contributed by atoms with Gasteiger partial charge in [0.1, 0.15) is 5.75 Å². The van der Waals surface area contributed by atoms with E-state index in [4.69, 9.17) is 4.74 Å². The Morgan fingerprint density at radius 3 is 2.33 bits per heavy atom. The predicted molar refractivity (Wildman–Crippen MR) is 132 cm³/mol. The highest BCUT2D eigenvalue weighted by Crippen LogP contribution is 2.14. The van der Waals surface area contributed by atoms with Crippen LogP contribution in [0.25, 0.3) is 0 Å². The first-order chi connectivity index (χ1) is 16.0. The van der Waals surface area contributed by atoms with Crippen molar-refractivity contribution in [1.29, 1.82) is 0 Å². The van der Waals surface area contributed by atoms with E-state index in [1.54, 1.807) is 5.38 Å². The zero-order valence-corrected chi connectivity index (χ0v) is 20.2. The molecule has 0 aliphatic heterocycles. The van der Waals surface area contributed by atoms with Gasteiger partial charge in [0.2, 0.25) is 5.91 Å². The molecule has 1 heterocycles. The van der Waals surface area contributed by atoms with Gasteiger partial charge in [-0.25, -0.2) is 13.1 Å². The van der Waals surface area contributed by atoms with Crippen LogP contribution in [-0.4, -0.2) is 34.0 Å². The topological polar surface area (TPSA) is 84.5 Å². The Kier molecular flexibility index (Phi) is 9.93. The van der Waals surface area contributed by atoms with Gasteiger partial charge in [0.25, 0.3) is 10.0 Å². The Bertz CT molecular complexity index is 1070. The average Bonchev–Trinajstić information content (AvgIpc) is 3.37. The summed E-state index contributed by atoms with van der Waals surface area (Å²) in [5.74, 6) is 0.376. The van der Waals surface area contributed by atoms with Crippen molar-refractivity contribution in [3.05, 3.63) is 82.6 Å². The van der Waals surface area contributed by atoms with Gasteiger partial charge in [-0.3, -0.25) is 4.79 Å². The minimum Gasteiger partial charge on any atom is -0.494 e. The largest absolute Gasteiger partial charge is 0.494 e. The number of amides is 1. The van der Waals surface area contributed by atoms with Crippen LogP contribution in [0.4, 0.5) is 0 Å². The lowest BCUT2D eigenvalue weighted by Gasteiger charge is -2.08. The number of aryl methyl sites for hydroxylation is 2. The minimum atomic E-state index is -3.75. The molecule has 0 aliphatic carbocycles. The van der Waals surface area contributed by atoms with E-state index in [0.717, 1.165) is 38.0 Å². The zero-order valence-electron chi connectivity index (χ0n) is 18.5. The molecule has 176 valence electrons. The number of nitrogens with one attached hydrogen (secondary N) is 2. The van der Waals surface area contributed by atoms with Crippen molar-refractivity contribution < 1.29 is 17.9 Å². The van der Waals surface area contributed by atoms with Crippen LogP contribution in [0.15, 0.2) is 76.3 Å². The molecule has 0 saturated carbocycles. The van der Waals surface area contributed by atoms with Crippen LogP contribution in [-0.2, 0) is 27.7 Å². The number of hydrogen-bond donors (Lipinski definition) is 2. The fraction of sp³-hybridized carbons (Fsp3) is 0.320. The highest BCUT2D eigenvalue weighted by molar-refractivity contribution is 7.90. The summed E-state index contributed by atoms with van der Waals surface area (Å²) < 4.78 is 31.9. The van der Waals surface area contributed by atoms with E-state index in [1.807, 2.05) is 18.2 Å². The third kappa shape index (κ3) is 9.00. The molecule has 1 amide bonds. The van der Waals surface area contributed by atoms with E-state index < -0.39 is 15.9 Å². The van der Waals surface area contributed by atoms with Gasteiger partial charge in [-0.15, -0.1) is 0 Å². The number of hydrogen-bond acceptors (Lipinski definition) is 6. The van der Waals surface area contributed by atoms with Crippen LogP contribution in [0, 0.1) is 0 Å². The molecule has 0 saturated heterocycles. The number of carbonyl (C=O) groups is 1. The molecule has 3 aromatic rings. The van der Waals surface area contributed by atoms with Crippen molar-refractivity contribution in [1.82, 2.24) is 10.0 Å². The molecule has 0 bridgehead atoms. The van der Waals surface area contributed by atoms with Crippen molar-refractivity contribution in [2.75, 3.05) is 19.7 Å². The highest BCUT2D eigenvalue weighted by Gasteiger charge is 2.17. The summed E-state index contributed by atoms with van der Waals surface area (Å²) in [5, 5.41) is 6.35. The van der Waals surface area contributed by atoms with Gasteiger partial charge < -0.3 is 10.1 Å². The van der Waals surface area contributed by atoms with E-state index in [1.165, 1.54) is 33.9 Å². The van der Waals surface area contributed by atoms with E-state index >= 15 is 0 Å². The second kappa shape index (κ2) is 13.1. The monoisotopic (exact) mass is 486 g/mol. The lowest BCUT2D eigenvalue weighted by molar-refractivity contribution is -0.119. The molecule has 0 radical (unpaired) electrons. The van der Waals surface area contributed by atoms with Crippen molar-refractivity contribution in [3.8, 4) is 5.75 Å². The van der Waals surface area contributed by atoms with Crippen LogP contribution < -0.4 is 14.8 Å². The third-order valence-electron chi connectivity index (χ3n) is 5.05. The molecular formula is C25H30N2O4S2. The number of thiophene rings is 1. The van der Waals surface area contributed by atoms with Crippen LogP contribution in [0.3, 0.4) is 0 Å². The molecular weight excluding hydrogens is 456 g/mol. The molecule has 2 aromatic carbocycles. The quantitative estimate of drug-likeness (QED) is 0.334. The van der Waals surface area contributed by atoms with Gasteiger partial charge >= 0.3 is 0 Å². The lowest BCUT2D eigenvalue weighted by atomic mass is 10.1. The first kappa shape index (κ1) is 25.0. The summed E-state index contributed by atoms with van der Waals surface area (Å²) in [7, 11) is -3.75. The fourth-order valence-corrected chi connectivity index (χ4v) is 5.32. The molecule has 0 aliphatic rings. The Labute approximate surface area is 200 Å². The van der Waals surface area contributed by atoms with Gasteiger partial charge in [-0.05, 0) is 66.9 Å². The minimum absolute atomic E-state index is 0.111. The maximum atomic E-state index is 12.0.